The number of carbonyl (C=O) groups is 1. The van der Waals surface area contributed by atoms with Crippen molar-refractivity contribution in [2.24, 2.45) is 0 Å². The van der Waals surface area contributed by atoms with Gasteiger partial charge in [0.05, 0.1) is 11.8 Å². The number of aryl methyl sites for hydroxylation is 1. The molecule has 1 aliphatic heterocycles. The number of amides is 1. The minimum Gasteiger partial charge on any atom is -0.350 e. The third-order valence-electron chi connectivity index (χ3n) is 5.16. The summed E-state index contributed by atoms with van der Waals surface area (Å²) in [5.41, 5.74) is 1.07. The Hall–Kier alpha value is -2.47. The van der Waals surface area contributed by atoms with Gasteiger partial charge in [-0.15, -0.1) is 11.3 Å². The van der Waals surface area contributed by atoms with Gasteiger partial charge in [0.1, 0.15) is 17.0 Å². The lowest BCUT2D eigenvalue weighted by Gasteiger charge is -2.40. The van der Waals surface area contributed by atoms with E-state index in [9.17, 15) is 4.79 Å². The standard InChI is InChI=1S/C21H24N4OS/c1-3-17-12-18-20(22-14-23-21(18)27-17)25-10-9-24(13-15(25)2)19(26)11-16-7-5-4-6-8-16/h4-8,12,14-15H,3,9-11,13H2,1-2H3. The van der Waals surface area contributed by atoms with E-state index >= 15 is 0 Å². The Morgan fingerprint density at radius 2 is 2.04 bits per heavy atom. The first-order valence-electron chi connectivity index (χ1n) is 9.47. The fraction of sp³-hybridized carbons (Fsp3) is 0.381. The van der Waals surface area contributed by atoms with Crippen LogP contribution in [0.4, 0.5) is 5.82 Å². The van der Waals surface area contributed by atoms with Crippen LogP contribution in [0.3, 0.4) is 0 Å². The Kier molecular flexibility index (Phi) is 5.07. The van der Waals surface area contributed by atoms with Crippen molar-refractivity contribution in [3.8, 4) is 0 Å². The second-order valence-corrected chi connectivity index (χ2v) is 8.14. The molecule has 5 nitrogen and oxygen atoms in total. The Bertz CT molecular complexity index is 940. The number of piperazine rings is 1. The van der Waals surface area contributed by atoms with E-state index in [1.807, 2.05) is 35.2 Å². The lowest BCUT2D eigenvalue weighted by molar-refractivity contribution is -0.131. The van der Waals surface area contributed by atoms with Crippen LogP contribution in [-0.2, 0) is 17.6 Å². The Balaban J connectivity index is 1.49. The summed E-state index contributed by atoms with van der Waals surface area (Å²) in [6, 6.07) is 12.4. The molecule has 1 aromatic carbocycles. The largest absolute Gasteiger partial charge is 0.350 e. The van der Waals surface area contributed by atoms with Crippen molar-refractivity contribution < 1.29 is 4.79 Å². The highest BCUT2D eigenvalue weighted by Crippen LogP contribution is 2.32. The molecule has 1 atom stereocenters. The molecule has 3 heterocycles. The van der Waals surface area contributed by atoms with E-state index in [2.05, 4.69) is 34.8 Å². The summed E-state index contributed by atoms with van der Waals surface area (Å²) in [6.07, 6.45) is 3.14. The van der Waals surface area contributed by atoms with Crippen molar-refractivity contribution in [2.45, 2.75) is 32.7 Å². The minimum atomic E-state index is 0.198. The number of hydrogen-bond acceptors (Lipinski definition) is 5. The van der Waals surface area contributed by atoms with Crippen molar-refractivity contribution in [2.75, 3.05) is 24.5 Å². The number of anilines is 1. The summed E-state index contributed by atoms with van der Waals surface area (Å²) in [6.45, 7) is 6.58. The van der Waals surface area contributed by atoms with Gasteiger partial charge in [-0.05, 0) is 25.0 Å². The molecule has 0 aliphatic carbocycles. The van der Waals surface area contributed by atoms with Crippen LogP contribution in [-0.4, -0.2) is 46.5 Å². The molecule has 0 bridgehead atoms. The van der Waals surface area contributed by atoms with Crippen molar-refractivity contribution in [1.29, 1.82) is 0 Å². The second kappa shape index (κ2) is 7.64. The molecule has 3 aromatic rings. The smallest absolute Gasteiger partial charge is 0.227 e. The quantitative estimate of drug-likeness (QED) is 0.695. The fourth-order valence-electron chi connectivity index (χ4n) is 3.68. The molecular weight excluding hydrogens is 356 g/mol. The lowest BCUT2D eigenvalue weighted by Crippen LogP contribution is -2.54. The number of aromatic nitrogens is 2. The highest BCUT2D eigenvalue weighted by atomic mass is 32.1. The second-order valence-electron chi connectivity index (χ2n) is 7.03. The first-order chi connectivity index (χ1) is 13.2. The van der Waals surface area contributed by atoms with Crippen LogP contribution in [0.5, 0.6) is 0 Å². The van der Waals surface area contributed by atoms with Gasteiger partial charge in [-0.2, -0.15) is 0 Å². The summed E-state index contributed by atoms with van der Waals surface area (Å²) < 4.78 is 0. The highest BCUT2D eigenvalue weighted by Gasteiger charge is 2.28. The first-order valence-corrected chi connectivity index (χ1v) is 10.3. The molecule has 2 aromatic heterocycles. The molecule has 4 rings (SSSR count). The number of thiophene rings is 1. The van der Waals surface area contributed by atoms with E-state index in [4.69, 9.17) is 0 Å². The monoisotopic (exact) mass is 380 g/mol. The summed E-state index contributed by atoms with van der Waals surface area (Å²) in [5, 5.41) is 1.13. The minimum absolute atomic E-state index is 0.198. The van der Waals surface area contributed by atoms with Gasteiger partial charge in [-0.25, -0.2) is 9.97 Å². The zero-order valence-corrected chi connectivity index (χ0v) is 16.6. The topological polar surface area (TPSA) is 49.3 Å². The number of benzene rings is 1. The normalized spacial score (nSPS) is 17.5. The van der Waals surface area contributed by atoms with Crippen molar-refractivity contribution in [1.82, 2.24) is 14.9 Å². The van der Waals surface area contributed by atoms with Crippen LogP contribution in [0.1, 0.15) is 24.3 Å². The molecular formula is C21H24N4OS. The number of nitrogens with zero attached hydrogens (tertiary/aromatic N) is 4. The average molecular weight is 381 g/mol. The number of carbonyl (C=O) groups excluding carboxylic acids is 1. The molecule has 0 radical (unpaired) electrons. The molecule has 0 N–H and O–H groups in total. The van der Waals surface area contributed by atoms with Crippen LogP contribution < -0.4 is 4.90 Å². The molecule has 6 heteroatoms. The van der Waals surface area contributed by atoms with E-state index in [0.29, 0.717) is 6.42 Å². The van der Waals surface area contributed by atoms with Gasteiger partial charge in [0.25, 0.3) is 0 Å². The van der Waals surface area contributed by atoms with Crippen molar-refractivity contribution in [3.63, 3.8) is 0 Å². The molecule has 1 saturated heterocycles. The average Bonchev–Trinajstić information content (AvgIpc) is 3.12. The summed E-state index contributed by atoms with van der Waals surface area (Å²) in [7, 11) is 0. The summed E-state index contributed by atoms with van der Waals surface area (Å²) in [4.78, 5) is 28.4. The predicted octanol–water partition coefficient (Wildman–Crippen LogP) is 3.53. The molecule has 1 unspecified atom stereocenters. The van der Waals surface area contributed by atoms with Gasteiger partial charge in [0, 0.05) is 30.6 Å². The number of hydrogen-bond donors (Lipinski definition) is 0. The lowest BCUT2D eigenvalue weighted by atomic mass is 10.1. The van der Waals surface area contributed by atoms with Gasteiger partial charge < -0.3 is 9.80 Å². The van der Waals surface area contributed by atoms with E-state index < -0.39 is 0 Å². The highest BCUT2D eigenvalue weighted by molar-refractivity contribution is 7.18. The van der Waals surface area contributed by atoms with Crippen LogP contribution >= 0.6 is 11.3 Å². The first kappa shape index (κ1) is 17.9. The molecule has 1 amide bonds. The van der Waals surface area contributed by atoms with Gasteiger partial charge in [-0.3, -0.25) is 4.79 Å². The summed E-state index contributed by atoms with van der Waals surface area (Å²) >= 11 is 1.74. The van der Waals surface area contributed by atoms with E-state index in [1.165, 1.54) is 4.88 Å². The Labute approximate surface area is 163 Å². The maximum atomic E-state index is 12.7. The van der Waals surface area contributed by atoms with E-state index in [1.54, 1.807) is 17.7 Å². The number of rotatable bonds is 4. The maximum Gasteiger partial charge on any atom is 0.227 e. The van der Waals surface area contributed by atoms with Crippen molar-refractivity contribution in [3.05, 3.63) is 53.2 Å². The molecule has 1 fully saturated rings. The predicted molar refractivity (Wildman–Crippen MR) is 110 cm³/mol. The molecule has 0 spiro atoms. The van der Waals surface area contributed by atoms with Gasteiger partial charge >= 0.3 is 0 Å². The maximum absolute atomic E-state index is 12.7. The Morgan fingerprint density at radius 1 is 1.22 bits per heavy atom. The molecule has 0 saturated carbocycles. The zero-order chi connectivity index (χ0) is 18.8. The third kappa shape index (κ3) is 3.67. The van der Waals surface area contributed by atoms with Gasteiger partial charge in [0.15, 0.2) is 0 Å². The van der Waals surface area contributed by atoms with Crippen LogP contribution in [0.2, 0.25) is 0 Å². The summed E-state index contributed by atoms with van der Waals surface area (Å²) in [5.74, 6) is 1.20. The fourth-order valence-corrected chi connectivity index (χ4v) is 4.61. The number of fused-ring (bicyclic) bond motifs is 1. The van der Waals surface area contributed by atoms with Crippen molar-refractivity contribution >= 4 is 33.3 Å². The van der Waals surface area contributed by atoms with Crippen LogP contribution in [0, 0.1) is 0 Å². The molecule has 1 aliphatic rings. The SMILES string of the molecule is CCc1cc2c(N3CCN(C(=O)Cc4ccccc4)CC3C)ncnc2s1. The van der Waals surface area contributed by atoms with E-state index in [-0.39, 0.29) is 11.9 Å². The molecule has 27 heavy (non-hydrogen) atoms. The molecule has 140 valence electrons. The third-order valence-corrected chi connectivity index (χ3v) is 6.35. The van der Waals surface area contributed by atoms with Gasteiger partial charge in [-0.1, -0.05) is 37.3 Å². The van der Waals surface area contributed by atoms with Gasteiger partial charge in [0.2, 0.25) is 5.91 Å². The zero-order valence-electron chi connectivity index (χ0n) is 15.8. The Morgan fingerprint density at radius 3 is 2.78 bits per heavy atom. The van der Waals surface area contributed by atoms with Crippen LogP contribution in [0.25, 0.3) is 10.2 Å². The van der Waals surface area contributed by atoms with Crippen LogP contribution in [0.15, 0.2) is 42.7 Å². The van der Waals surface area contributed by atoms with E-state index in [0.717, 1.165) is 47.7 Å².